The van der Waals surface area contributed by atoms with E-state index in [0.29, 0.717) is 55.9 Å². The van der Waals surface area contributed by atoms with E-state index in [1.165, 1.54) is 68.0 Å². The number of carbonyl (C=O) groups excluding carboxylic acids is 2. The molecule has 0 unspecified atom stereocenters. The summed E-state index contributed by atoms with van der Waals surface area (Å²) >= 11 is 1.40. The van der Waals surface area contributed by atoms with Crippen LogP contribution in [0.4, 0.5) is 17.1 Å². The molecule has 9 nitrogen and oxygen atoms in total. The fraction of sp³-hybridized carbons (Fsp3) is 0.431. The molecule has 3 aliphatic heterocycles. The number of allylic oxidation sites excluding steroid dienone is 7. The molecule has 8 rings (SSSR count). The number of quaternary nitrogens is 1. The van der Waals surface area contributed by atoms with Crippen molar-refractivity contribution in [3.8, 4) is 0 Å². The molecule has 1 aliphatic carbocycles. The minimum Gasteiger partial charge on any atom is -0.494 e. The van der Waals surface area contributed by atoms with Gasteiger partial charge in [0, 0.05) is 95.5 Å². The van der Waals surface area contributed by atoms with Crippen LogP contribution < -0.4 is 15.5 Å². The molecule has 0 aromatic heterocycles. The van der Waals surface area contributed by atoms with Gasteiger partial charge in [0.05, 0.1) is 31.8 Å². The van der Waals surface area contributed by atoms with Crippen molar-refractivity contribution in [3.05, 3.63) is 143 Å². The molecule has 358 valence electrons. The van der Waals surface area contributed by atoms with E-state index in [-0.39, 0.29) is 33.9 Å². The third kappa shape index (κ3) is 9.48. The summed E-state index contributed by atoms with van der Waals surface area (Å²) in [6.45, 7) is 22.8. The molecular formula is C58H73N5O4S+2. The lowest BCUT2D eigenvalue weighted by atomic mass is 9.76. The van der Waals surface area contributed by atoms with Gasteiger partial charge in [-0.15, -0.1) is 0 Å². The Kier molecular flexibility index (Phi) is 14.6. The summed E-state index contributed by atoms with van der Waals surface area (Å²) in [5.74, 6) is 0.718. The molecule has 4 aromatic rings. The van der Waals surface area contributed by atoms with Crippen LogP contribution in [0.25, 0.3) is 10.8 Å². The number of Topliss-reactive ketones (excluding diaryl/α,β-unsaturated/α-hetero) is 1. The number of hydrogen-bond donors (Lipinski definition) is 2. The van der Waals surface area contributed by atoms with E-state index in [0.717, 1.165) is 37.4 Å². The topological polar surface area (TPSA) is 90.7 Å². The molecule has 1 fully saturated rings. The number of para-hydroxylation sites is 1. The quantitative estimate of drug-likeness (QED) is 0.0358. The van der Waals surface area contributed by atoms with Gasteiger partial charge >= 0.3 is 0 Å². The zero-order valence-corrected chi connectivity index (χ0v) is 42.9. The normalized spacial score (nSPS) is 19.4. The number of likely N-dealkylation sites (N-methyl/N-ethyl adjacent to an activating group) is 1. The van der Waals surface area contributed by atoms with Crippen LogP contribution in [-0.2, 0) is 35.8 Å². The zero-order valence-electron chi connectivity index (χ0n) is 42.1. The summed E-state index contributed by atoms with van der Waals surface area (Å²) in [5.41, 5.74) is 11.1. The number of ketones is 1. The molecule has 10 heteroatoms. The molecule has 0 saturated carbocycles. The fourth-order valence-corrected chi connectivity index (χ4v) is 11.8. The summed E-state index contributed by atoms with van der Waals surface area (Å²) in [7, 11) is 3.37. The van der Waals surface area contributed by atoms with Crippen molar-refractivity contribution in [1.82, 2.24) is 10.2 Å². The van der Waals surface area contributed by atoms with Gasteiger partial charge in [-0.1, -0.05) is 82.3 Å². The van der Waals surface area contributed by atoms with Crippen molar-refractivity contribution in [2.45, 2.75) is 103 Å². The number of carbonyl (C=O) groups is 2. The Balaban J connectivity index is 0.906. The third-order valence-corrected chi connectivity index (χ3v) is 15.4. The van der Waals surface area contributed by atoms with Crippen LogP contribution >= 0.6 is 12.0 Å². The van der Waals surface area contributed by atoms with Gasteiger partial charge in [-0.05, 0) is 112 Å². The number of ether oxygens (including phenoxy) is 1. The minimum atomic E-state index is -0.215. The highest BCUT2D eigenvalue weighted by atomic mass is 32.2. The molecule has 1 amide bonds. The minimum absolute atomic E-state index is 0.0379. The molecular weight excluding hydrogens is 863 g/mol. The molecule has 0 bridgehead atoms. The lowest BCUT2D eigenvalue weighted by molar-refractivity contribution is -0.568. The highest BCUT2D eigenvalue weighted by molar-refractivity contribution is 7.94. The van der Waals surface area contributed by atoms with Crippen molar-refractivity contribution in [2.24, 2.45) is 11.3 Å². The fourth-order valence-electron chi connectivity index (χ4n) is 11.3. The van der Waals surface area contributed by atoms with Crippen LogP contribution in [0.1, 0.15) is 97.8 Å². The van der Waals surface area contributed by atoms with Crippen LogP contribution in [0.3, 0.4) is 0 Å². The number of rotatable bonds is 17. The molecule has 68 heavy (non-hydrogen) atoms. The second-order valence-corrected chi connectivity index (χ2v) is 21.6. The van der Waals surface area contributed by atoms with Gasteiger partial charge in [0.15, 0.2) is 18.0 Å². The number of piperidine rings is 1. The SMILES string of the molecule is CC[NH2+]c1ccc2ccccc2c1C(C)(C)C/C=C1\C(=O)C(N2CCC(C(=O)NCCC[N+]3=C(/C=C/C=C4/N(CC)c5ccc(SOC)cc5C4(C)C)C(C)(C)Cc4ccccc43)CC2)=C1OC. The van der Waals surface area contributed by atoms with Gasteiger partial charge in [0.2, 0.25) is 17.4 Å². The van der Waals surface area contributed by atoms with Crippen molar-refractivity contribution in [1.29, 1.82) is 0 Å². The van der Waals surface area contributed by atoms with Crippen molar-refractivity contribution in [3.63, 3.8) is 0 Å². The number of nitrogens with zero attached hydrogens (tertiary/aromatic N) is 3. The summed E-state index contributed by atoms with van der Waals surface area (Å²) < 4.78 is 13.8. The Bertz CT molecular complexity index is 2730. The van der Waals surface area contributed by atoms with E-state index in [9.17, 15) is 9.59 Å². The van der Waals surface area contributed by atoms with Crippen LogP contribution in [0.2, 0.25) is 0 Å². The van der Waals surface area contributed by atoms with Gasteiger partial charge in [0.25, 0.3) is 0 Å². The molecule has 3 heterocycles. The zero-order chi connectivity index (χ0) is 48.4. The van der Waals surface area contributed by atoms with Gasteiger partial charge in [-0.25, -0.2) is 0 Å². The summed E-state index contributed by atoms with van der Waals surface area (Å²) in [6.07, 6.45) is 12.8. The Morgan fingerprint density at radius 2 is 1.74 bits per heavy atom. The number of nitrogens with one attached hydrogen (secondary N) is 1. The highest BCUT2D eigenvalue weighted by Crippen LogP contribution is 2.49. The van der Waals surface area contributed by atoms with E-state index in [1.807, 2.05) is 0 Å². The van der Waals surface area contributed by atoms with Crippen LogP contribution in [0, 0.1) is 11.3 Å². The second-order valence-electron chi connectivity index (χ2n) is 20.6. The molecule has 0 atom stereocenters. The summed E-state index contributed by atoms with van der Waals surface area (Å²) in [6, 6.07) is 28.4. The molecule has 4 aromatic carbocycles. The predicted octanol–water partition coefficient (Wildman–Crippen LogP) is 10.6. The number of fused-ring (bicyclic) bond motifs is 3. The number of methoxy groups -OCH3 is 1. The monoisotopic (exact) mass is 936 g/mol. The maximum atomic E-state index is 13.8. The lowest BCUT2D eigenvalue weighted by Crippen LogP contribution is -2.77. The Hall–Kier alpha value is -5.42. The maximum Gasteiger partial charge on any atom is 0.223 e. The Labute approximate surface area is 409 Å². The number of nitrogens with two attached hydrogens (primary N) is 1. The number of amides is 1. The van der Waals surface area contributed by atoms with E-state index in [1.54, 1.807) is 14.2 Å². The number of anilines is 1. The van der Waals surface area contributed by atoms with E-state index in [4.69, 9.17) is 8.92 Å². The van der Waals surface area contributed by atoms with Gasteiger partial charge in [-0.3, -0.25) is 9.59 Å². The Morgan fingerprint density at radius 3 is 2.47 bits per heavy atom. The van der Waals surface area contributed by atoms with Gasteiger partial charge < -0.3 is 29.4 Å². The average molecular weight is 936 g/mol. The lowest BCUT2D eigenvalue weighted by Gasteiger charge is -2.38. The first-order valence-corrected chi connectivity index (χ1v) is 25.5. The van der Waals surface area contributed by atoms with E-state index in [2.05, 4.69) is 184 Å². The second kappa shape index (κ2) is 20.3. The molecule has 0 spiro atoms. The molecule has 4 aliphatic rings. The Morgan fingerprint density at radius 1 is 0.985 bits per heavy atom. The number of hydrogen-bond acceptors (Lipinski definition) is 7. The molecule has 1 saturated heterocycles. The largest absolute Gasteiger partial charge is 0.494 e. The first kappa shape index (κ1) is 49.0. The summed E-state index contributed by atoms with van der Waals surface area (Å²) in [4.78, 5) is 33.2. The van der Waals surface area contributed by atoms with E-state index >= 15 is 0 Å². The van der Waals surface area contributed by atoms with Crippen molar-refractivity contribution < 1.29 is 28.4 Å². The number of likely N-dealkylation sites (tertiary alicyclic amines) is 1. The third-order valence-electron chi connectivity index (χ3n) is 14.8. The first-order chi connectivity index (χ1) is 32.6. The van der Waals surface area contributed by atoms with E-state index < -0.39 is 0 Å². The van der Waals surface area contributed by atoms with Gasteiger partial charge in [-0.2, -0.15) is 4.58 Å². The van der Waals surface area contributed by atoms with Crippen LogP contribution in [0.5, 0.6) is 0 Å². The van der Waals surface area contributed by atoms with Gasteiger partial charge in [0.1, 0.15) is 11.4 Å². The maximum absolute atomic E-state index is 13.8. The first-order valence-electron chi connectivity index (χ1n) is 24.8. The highest BCUT2D eigenvalue weighted by Gasteiger charge is 2.43. The predicted molar refractivity (Wildman–Crippen MR) is 279 cm³/mol. The molecule has 0 radical (unpaired) electrons. The van der Waals surface area contributed by atoms with Crippen LogP contribution in [0.15, 0.2) is 131 Å². The smallest absolute Gasteiger partial charge is 0.223 e. The number of benzene rings is 4. The molecule has 3 N–H and O–H groups in total. The standard InChI is InChI=1S/C58H71N5O4S/c1-11-59-46-27-25-39-19-13-15-21-43(39)51(46)56(3,4)32-29-44-53(64)52(54(44)66-9)61-35-30-40(31-36-61)55(65)60-33-18-34-63-47-22-16-14-20-41(47)38-57(5,6)49(63)23-17-24-50-58(7,8)45-37-42(68-67-10)26-28-48(45)62(50)12-2/h13-17,19-29,37,40,59H,11-12,18,30-36,38H2,1-10H3/p+2/b44-29+. The van der Waals surface area contributed by atoms with Crippen molar-refractivity contribution >= 4 is 57.3 Å². The average Bonchev–Trinajstić information content (AvgIpc) is 3.53. The van der Waals surface area contributed by atoms with Crippen LogP contribution in [-0.4, -0.2) is 80.4 Å². The summed E-state index contributed by atoms with van der Waals surface area (Å²) in [5, 5.41) is 8.07. The van der Waals surface area contributed by atoms with Crippen molar-refractivity contribution in [2.75, 3.05) is 58.4 Å².